The van der Waals surface area contributed by atoms with Crippen molar-refractivity contribution in [1.29, 1.82) is 0 Å². The molecule has 2 aromatic carbocycles. The van der Waals surface area contributed by atoms with Crippen LogP contribution >= 0.6 is 11.3 Å². The second-order valence-corrected chi connectivity index (χ2v) is 8.01. The minimum atomic E-state index is -0.534. The van der Waals surface area contributed by atoms with E-state index in [4.69, 9.17) is 10.2 Å². The Hall–Kier alpha value is -4.23. The highest BCUT2D eigenvalue weighted by Crippen LogP contribution is 2.38. The van der Waals surface area contributed by atoms with E-state index in [2.05, 4.69) is 15.5 Å². The number of anilines is 1. The second kappa shape index (κ2) is 8.49. The standard InChI is InChI=1S/C25H18N4O2S/c26-22-21-19(16-8-3-1-4-9-16)14-20(17-10-5-2-6-11-17)28-25(21)31-23(22)24(30)29-27-15-18-12-7-13-32-18/h1-15H,26H2,(H,29,30)/b27-15-. The van der Waals surface area contributed by atoms with Crippen molar-refractivity contribution >= 4 is 40.2 Å². The summed E-state index contributed by atoms with van der Waals surface area (Å²) in [5.74, 6) is -0.549. The predicted molar refractivity (Wildman–Crippen MR) is 129 cm³/mol. The molecule has 7 heteroatoms. The van der Waals surface area contributed by atoms with Crippen LogP contribution in [0.15, 0.2) is 93.8 Å². The third-order valence-electron chi connectivity index (χ3n) is 4.96. The van der Waals surface area contributed by atoms with Crippen LogP contribution in [0.3, 0.4) is 0 Å². The van der Waals surface area contributed by atoms with Gasteiger partial charge in [-0.1, -0.05) is 66.7 Å². The summed E-state index contributed by atoms with van der Waals surface area (Å²) in [7, 11) is 0. The van der Waals surface area contributed by atoms with Crippen molar-refractivity contribution < 1.29 is 9.21 Å². The Bertz CT molecular complexity index is 1410. The number of nitrogens with one attached hydrogen (secondary N) is 1. The predicted octanol–water partition coefficient (Wildman–Crippen LogP) is 5.57. The summed E-state index contributed by atoms with van der Waals surface area (Å²) in [6.07, 6.45) is 1.57. The molecule has 0 fully saturated rings. The van der Waals surface area contributed by atoms with Gasteiger partial charge in [0.25, 0.3) is 0 Å². The van der Waals surface area contributed by atoms with Gasteiger partial charge in [0.2, 0.25) is 11.5 Å². The van der Waals surface area contributed by atoms with Crippen LogP contribution in [-0.4, -0.2) is 17.1 Å². The zero-order chi connectivity index (χ0) is 21.9. The van der Waals surface area contributed by atoms with Crippen molar-refractivity contribution in [3.05, 3.63) is 94.9 Å². The Morgan fingerprint density at radius 1 is 1.00 bits per heavy atom. The molecule has 3 aromatic heterocycles. The van der Waals surface area contributed by atoms with Crippen LogP contribution < -0.4 is 11.2 Å². The average molecular weight is 439 g/mol. The van der Waals surface area contributed by atoms with Gasteiger partial charge in [0.15, 0.2) is 0 Å². The average Bonchev–Trinajstić information content (AvgIpc) is 3.47. The molecule has 1 amide bonds. The van der Waals surface area contributed by atoms with E-state index >= 15 is 0 Å². The summed E-state index contributed by atoms with van der Waals surface area (Å²) < 4.78 is 5.85. The zero-order valence-electron chi connectivity index (χ0n) is 16.9. The van der Waals surface area contributed by atoms with Crippen molar-refractivity contribution in [2.75, 3.05) is 5.73 Å². The first kappa shape index (κ1) is 19.7. The smallest absolute Gasteiger partial charge is 0.309 e. The minimum Gasteiger partial charge on any atom is -0.430 e. The molecule has 0 aliphatic rings. The van der Waals surface area contributed by atoms with E-state index in [0.717, 1.165) is 27.3 Å². The molecule has 0 spiro atoms. The number of hydrazone groups is 1. The van der Waals surface area contributed by atoms with Crippen molar-refractivity contribution in [2.45, 2.75) is 0 Å². The van der Waals surface area contributed by atoms with E-state index in [0.29, 0.717) is 11.1 Å². The highest BCUT2D eigenvalue weighted by atomic mass is 32.1. The number of hydrogen-bond acceptors (Lipinski definition) is 6. The first-order valence-corrected chi connectivity index (χ1v) is 10.8. The van der Waals surface area contributed by atoms with Gasteiger partial charge in [-0.15, -0.1) is 11.3 Å². The molecule has 0 radical (unpaired) electrons. The van der Waals surface area contributed by atoms with Gasteiger partial charge in [-0.05, 0) is 28.6 Å². The number of furan rings is 1. The number of fused-ring (bicyclic) bond motifs is 1. The van der Waals surface area contributed by atoms with Crippen molar-refractivity contribution in [3.63, 3.8) is 0 Å². The van der Waals surface area contributed by atoms with E-state index in [1.807, 2.05) is 84.2 Å². The molecule has 32 heavy (non-hydrogen) atoms. The van der Waals surface area contributed by atoms with E-state index in [9.17, 15) is 4.79 Å². The van der Waals surface area contributed by atoms with Crippen LogP contribution in [0.1, 0.15) is 15.4 Å². The molecule has 5 rings (SSSR count). The topological polar surface area (TPSA) is 93.5 Å². The van der Waals surface area contributed by atoms with Crippen LogP contribution in [-0.2, 0) is 0 Å². The molecule has 156 valence electrons. The largest absolute Gasteiger partial charge is 0.430 e. The van der Waals surface area contributed by atoms with Crippen LogP contribution in [0.25, 0.3) is 33.5 Å². The fraction of sp³-hybridized carbons (Fsp3) is 0. The molecular formula is C25H18N4O2S. The number of nitrogens with zero attached hydrogens (tertiary/aromatic N) is 2. The van der Waals surface area contributed by atoms with Crippen molar-refractivity contribution in [1.82, 2.24) is 10.4 Å². The quantitative estimate of drug-likeness (QED) is 0.277. The third kappa shape index (κ3) is 3.77. The number of nitrogens with two attached hydrogens (primary N) is 1. The van der Waals surface area contributed by atoms with E-state index < -0.39 is 5.91 Å². The normalized spacial score (nSPS) is 11.2. The first-order chi connectivity index (χ1) is 15.7. The van der Waals surface area contributed by atoms with E-state index in [-0.39, 0.29) is 11.4 Å². The lowest BCUT2D eigenvalue weighted by atomic mass is 9.99. The van der Waals surface area contributed by atoms with Crippen LogP contribution in [0.2, 0.25) is 0 Å². The number of carbonyl (C=O) groups excluding carboxylic acids is 1. The monoisotopic (exact) mass is 438 g/mol. The summed E-state index contributed by atoms with van der Waals surface area (Å²) in [5, 5.41) is 6.53. The lowest BCUT2D eigenvalue weighted by molar-refractivity contribution is 0.0930. The van der Waals surface area contributed by atoms with Gasteiger partial charge in [-0.2, -0.15) is 5.10 Å². The SMILES string of the molecule is Nc1c(C(=O)N/N=C\c2cccs2)oc2nc(-c3ccccc3)cc(-c3ccccc3)c12. The van der Waals surface area contributed by atoms with Crippen molar-refractivity contribution in [2.24, 2.45) is 5.10 Å². The number of aromatic nitrogens is 1. The fourth-order valence-corrected chi connectivity index (χ4v) is 4.05. The Kier molecular flexibility index (Phi) is 5.23. The van der Waals surface area contributed by atoms with Gasteiger partial charge in [-0.25, -0.2) is 10.4 Å². The van der Waals surface area contributed by atoms with Gasteiger partial charge in [-0.3, -0.25) is 4.79 Å². The molecular weight excluding hydrogens is 420 g/mol. The molecule has 0 saturated heterocycles. The van der Waals surface area contributed by atoms with Gasteiger partial charge < -0.3 is 10.2 Å². The van der Waals surface area contributed by atoms with E-state index in [1.165, 1.54) is 11.3 Å². The van der Waals surface area contributed by atoms with E-state index in [1.54, 1.807) is 6.21 Å². The number of thiophene rings is 1. The molecule has 3 N–H and O–H groups in total. The maximum Gasteiger partial charge on any atom is 0.309 e. The molecule has 6 nitrogen and oxygen atoms in total. The van der Waals surface area contributed by atoms with Crippen LogP contribution in [0, 0.1) is 0 Å². The molecule has 0 bridgehead atoms. The summed E-state index contributed by atoms with van der Waals surface area (Å²) >= 11 is 1.52. The lowest BCUT2D eigenvalue weighted by Gasteiger charge is -2.07. The Morgan fingerprint density at radius 2 is 1.72 bits per heavy atom. The molecule has 3 heterocycles. The summed E-state index contributed by atoms with van der Waals surface area (Å²) in [5.41, 5.74) is 12.9. The summed E-state index contributed by atoms with van der Waals surface area (Å²) in [6, 6.07) is 25.4. The fourth-order valence-electron chi connectivity index (χ4n) is 3.46. The highest BCUT2D eigenvalue weighted by molar-refractivity contribution is 7.11. The molecule has 0 atom stereocenters. The molecule has 0 aliphatic carbocycles. The Labute approximate surface area is 188 Å². The number of amides is 1. The van der Waals surface area contributed by atoms with Gasteiger partial charge in [0, 0.05) is 10.4 Å². The number of rotatable bonds is 5. The van der Waals surface area contributed by atoms with Crippen LogP contribution in [0.4, 0.5) is 5.69 Å². The summed E-state index contributed by atoms with van der Waals surface area (Å²) in [6.45, 7) is 0. The number of nitrogen functional groups attached to an aromatic ring is 1. The highest BCUT2D eigenvalue weighted by Gasteiger charge is 2.23. The number of pyridine rings is 1. The second-order valence-electron chi connectivity index (χ2n) is 7.03. The molecule has 0 aliphatic heterocycles. The minimum absolute atomic E-state index is 0.0155. The van der Waals surface area contributed by atoms with Crippen molar-refractivity contribution in [3.8, 4) is 22.4 Å². The summed E-state index contributed by atoms with van der Waals surface area (Å²) in [4.78, 5) is 18.3. The molecule has 5 aromatic rings. The molecule has 0 unspecified atom stereocenters. The Morgan fingerprint density at radius 3 is 2.41 bits per heavy atom. The zero-order valence-corrected chi connectivity index (χ0v) is 17.7. The lowest BCUT2D eigenvalue weighted by Crippen LogP contribution is -2.18. The number of carbonyl (C=O) groups is 1. The maximum absolute atomic E-state index is 12.7. The Balaban J connectivity index is 1.60. The van der Waals surface area contributed by atoms with Gasteiger partial charge in [0.05, 0.1) is 23.0 Å². The first-order valence-electron chi connectivity index (χ1n) is 9.91. The molecule has 0 saturated carbocycles. The van der Waals surface area contributed by atoms with Gasteiger partial charge >= 0.3 is 5.91 Å². The van der Waals surface area contributed by atoms with Gasteiger partial charge in [0.1, 0.15) is 0 Å². The third-order valence-corrected chi connectivity index (χ3v) is 5.77. The number of hydrogen-bond donors (Lipinski definition) is 2. The number of benzene rings is 2. The maximum atomic E-state index is 12.7. The van der Waals surface area contributed by atoms with Crippen LogP contribution in [0.5, 0.6) is 0 Å².